The van der Waals surface area contributed by atoms with Crippen molar-refractivity contribution in [3.8, 4) is 11.6 Å². The van der Waals surface area contributed by atoms with Crippen LogP contribution >= 0.6 is 0 Å². The second-order valence-electron chi connectivity index (χ2n) is 6.03. The van der Waals surface area contributed by atoms with Gasteiger partial charge in [0.05, 0.1) is 0 Å². The van der Waals surface area contributed by atoms with E-state index in [0.717, 1.165) is 31.4 Å². The summed E-state index contributed by atoms with van der Waals surface area (Å²) in [5.74, 6) is 1.88. The summed E-state index contributed by atoms with van der Waals surface area (Å²) in [6, 6.07) is 11.9. The highest BCUT2D eigenvalue weighted by Crippen LogP contribution is 2.23. The lowest BCUT2D eigenvalue weighted by Gasteiger charge is -2.29. The summed E-state index contributed by atoms with van der Waals surface area (Å²) in [7, 11) is 0. The molecule has 1 aromatic carbocycles. The van der Waals surface area contributed by atoms with Gasteiger partial charge in [-0.05, 0) is 37.8 Å². The fourth-order valence-corrected chi connectivity index (χ4v) is 2.93. The molecular weight excluding hydrogens is 304 g/mol. The van der Waals surface area contributed by atoms with Gasteiger partial charge in [-0.25, -0.2) is 4.98 Å². The lowest BCUT2D eigenvalue weighted by molar-refractivity contribution is -0.119. The van der Waals surface area contributed by atoms with E-state index in [2.05, 4.69) is 20.6 Å². The number of hydrogen-bond acceptors (Lipinski definition) is 5. The lowest BCUT2D eigenvalue weighted by Crippen LogP contribution is -2.39. The molecule has 0 radical (unpaired) electrons. The van der Waals surface area contributed by atoms with Gasteiger partial charge in [0.25, 0.3) is 0 Å². The monoisotopic (exact) mass is 326 g/mol. The number of amides is 1. The third kappa shape index (κ3) is 4.68. The third-order valence-corrected chi connectivity index (χ3v) is 4.06. The van der Waals surface area contributed by atoms with Gasteiger partial charge in [0.1, 0.15) is 5.75 Å². The third-order valence-electron chi connectivity index (χ3n) is 4.06. The molecule has 0 bridgehead atoms. The van der Waals surface area contributed by atoms with Crippen molar-refractivity contribution in [2.24, 2.45) is 0 Å². The predicted molar refractivity (Wildman–Crippen MR) is 92.0 cm³/mol. The van der Waals surface area contributed by atoms with Crippen LogP contribution in [0.4, 0.5) is 5.95 Å². The molecule has 0 saturated heterocycles. The normalized spacial score (nSPS) is 20.2. The van der Waals surface area contributed by atoms with Crippen molar-refractivity contribution >= 4 is 11.9 Å². The Hall–Kier alpha value is -2.63. The van der Waals surface area contributed by atoms with E-state index in [1.807, 2.05) is 30.3 Å². The summed E-state index contributed by atoms with van der Waals surface area (Å²) >= 11 is 0. The van der Waals surface area contributed by atoms with Gasteiger partial charge in [-0.2, -0.15) is 4.98 Å². The molecule has 1 aliphatic rings. The minimum Gasteiger partial charge on any atom is -0.439 e. The van der Waals surface area contributed by atoms with Crippen molar-refractivity contribution in [2.45, 2.75) is 44.7 Å². The number of ether oxygens (including phenoxy) is 1. The van der Waals surface area contributed by atoms with Gasteiger partial charge in [-0.1, -0.05) is 18.2 Å². The van der Waals surface area contributed by atoms with E-state index >= 15 is 0 Å². The first-order chi connectivity index (χ1) is 11.7. The predicted octanol–water partition coefficient (Wildman–Crippen LogP) is 3.13. The highest BCUT2D eigenvalue weighted by molar-refractivity contribution is 5.73. The van der Waals surface area contributed by atoms with Gasteiger partial charge in [0.2, 0.25) is 17.7 Å². The molecule has 3 rings (SSSR count). The summed E-state index contributed by atoms with van der Waals surface area (Å²) in [5.41, 5.74) is 0. The number of carbonyl (C=O) groups excluding carboxylic acids is 1. The minimum atomic E-state index is 0.0421. The molecule has 0 atom stereocenters. The Kier molecular flexibility index (Phi) is 5.25. The van der Waals surface area contributed by atoms with Crippen LogP contribution in [0.1, 0.15) is 32.6 Å². The largest absolute Gasteiger partial charge is 0.439 e. The molecule has 0 aliphatic heterocycles. The first kappa shape index (κ1) is 16.2. The fraction of sp³-hybridized carbons (Fsp3) is 0.389. The number of benzene rings is 1. The van der Waals surface area contributed by atoms with Crippen molar-refractivity contribution < 1.29 is 9.53 Å². The standard InChI is InChI=1S/C18H22N4O2/c1-13(23)20-14-7-9-15(10-8-14)21-18-19-12-11-17(22-18)24-16-5-3-2-4-6-16/h2-6,11-12,14-15H,7-10H2,1H3,(H,20,23)(H,19,21,22). The maximum Gasteiger partial charge on any atom is 0.226 e. The van der Waals surface area contributed by atoms with Gasteiger partial charge in [-0.3, -0.25) is 4.79 Å². The topological polar surface area (TPSA) is 76.1 Å². The number of para-hydroxylation sites is 1. The maximum atomic E-state index is 11.1. The molecule has 0 unspecified atom stereocenters. The van der Waals surface area contributed by atoms with Gasteiger partial charge < -0.3 is 15.4 Å². The summed E-state index contributed by atoms with van der Waals surface area (Å²) in [4.78, 5) is 19.8. The van der Waals surface area contributed by atoms with Gasteiger partial charge in [0, 0.05) is 31.3 Å². The lowest BCUT2D eigenvalue weighted by atomic mass is 9.91. The van der Waals surface area contributed by atoms with Crippen LogP contribution in [-0.4, -0.2) is 28.0 Å². The molecule has 1 heterocycles. The molecule has 1 amide bonds. The molecule has 1 saturated carbocycles. The Bertz CT molecular complexity index is 670. The van der Waals surface area contributed by atoms with E-state index in [-0.39, 0.29) is 11.9 Å². The number of anilines is 1. The van der Waals surface area contributed by atoms with E-state index in [0.29, 0.717) is 17.9 Å². The SMILES string of the molecule is CC(=O)NC1CCC(Nc2nccc(Oc3ccccc3)n2)CC1. The number of nitrogens with zero attached hydrogens (tertiary/aromatic N) is 2. The van der Waals surface area contributed by atoms with Gasteiger partial charge in [0.15, 0.2) is 0 Å². The molecule has 1 aromatic heterocycles. The molecule has 126 valence electrons. The van der Waals surface area contributed by atoms with Crippen molar-refractivity contribution in [3.63, 3.8) is 0 Å². The minimum absolute atomic E-state index is 0.0421. The first-order valence-corrected chi connectivity index (χ1v) is 8.28. The second-order valence-corrected chi connectivity index (χ2v) is 6.03. The average molecular weight is 326 g/mol. The van der Waals surface area contributed by atoms with Crippen LogP contribution in [0.3, 0.4) is 0 Å². The summed E-state index contributed by atoms with van der Waals surface area (Å²) in [5, 5.41) is 6.35. The summed E-state index contributed by atoms with van der Waals surface area (Å²) in [6.45, 7) is 1.57. The number of hydrogen-bond donors (Lipinski definition) is 2. The Labute approximate surface area is 141 Å². The molecule has 2 N–H and O–H groups in total. The highest BCUT2D eigenvalue weighted by atomic mass is 16.5. The van der Waals surface area contributed by atoms with E-state index in [1.54, 1.807) is 19.2 Å². The number of aromatic nitrogens is 2. The molecule has 1 aliphatic carbocycles. The molecular formula is C18H22N4O2. The molecule has 24 heavy (non-hydrogen) atoms. The second kappa shape index (κ2) is 7.77. The van der Waals surface area contributed by atoms with Crippen LogP contribution in [0, 0.1) is 0 Å². The number of carbonyl (C=O) groups is 1. The fourth-order valence-electron chi connectivity index (χ4n) is 2.93. The smallest absolute Gasteiger partial charge is 0.226 e. The number of nitrogens with one attached hydrogen (secondary N) is 2. The van der Waals surface area contributed by atoms with E-state index in [4.69, 9.17) is 4.74 Å². The van der Waals surface area contributed by atoms with Crippen LogP contribution in [0.5, 0.6) is 11.6 Å². The van der Waals surface area contributed by atoms with Crippen LogP contribution in [-0.2, 0) is 4.79 Å². The van der Waals surface area contributed by atoms with E-state index in [1.165, 1.54) is 0 Å². The highest BCUT2D eigenvalue weighted by Gasteiger charge is 2.22. The molecule has 0 spiro atoms. The van der Waals surface area contributed by atoms with Crippen molar-refractivity contribution in [1.29, 1.82) is 0 Å². The molecule has 1 fully saturated rings. The maximum absolute atomic E-state index is 11.1. The van der Waals surface area contributed by atoms with E-state index < -0.39 is 0 Å². The zero-order valence-electron chi connectivity index (χ0n) is 13.7. The van der Waals surface area contributed by atoms with Crippen LogP contribution < -0.4 is 15.4 Å². The summed E-state index contributed by atoms with van der Waals surface area (Å²) < 4.78 is 5.73. The van der Waals surface area contributed by atoms with Gasteiger partial charge in [-0.15, -0.1) is 0 Å². The Balaban J connectivity index is 1.55. The molecule has 2 aromatic rings. The summed E-state index contributed by atoms with van der Waals surface area (Å²) in [6.07, 6.45) is 5.60. The van der Waals surface area contributed by atoms with Crippen molar-refractivity contribution in [1.82, 2.24) is 15.3 Å². The first-order valence-electron chi connectivity index (χ1n) is 8.28. The Morgan fingerprint density at radius 2 is 1.79 bits per heavy atom. The quantitative estimate of drug-likeness (QED) is 0.883. The zero-order valence-corrected chi connectivity index (χ0v) is 13.7. The van der Waals surface area contributed by atoms with Crippen LogP contribution in [0.15, 0.2) is 42.6 Å². The Morgan fingerprint density at radius 1 is 1.08 bits per heavy atom. The van der Waals surface area contributed by atoms with Crippen molar-refractivity contribution in [2.75, 3.05) is 5.32 Å². The molecule has 6 nitrogen and oxygen atoms in total. The van der Waals surface area contributed by atoms with E-state index in [9.17, 15) is 4.79 Å². The van der Waals surface area contributed by atoms with Crippen LogP contribution in [0.2, 0.25) is 0 Å². The van der Waals surface area contributed by atoms with Crippen LogP contribution in [0.25, 0.3) is 0 Å². The Morgan fingerprint density at radius 3 is 2.50 bits per heavy atom. The molecule has 6 heteroatoms. The van der Waals surface area contributed by atoms with Gasteiger partial charge >= 0.3 is 0 Å². The zero-order chi connectivity index (χ0) is 16.8. The number of rotatable bonds is 5. The average Bonchev–Trinajstić information content (AvgIpc) is 2.57. The van der Waals surface area contributed by atoms with Crippen molar-refractivity contribution in [3.05, 3.63) is 42.6 Å².